The SMILES string of the molecule is CN(CC(N)=O)CC(=O)C1CCCC1. The number of amides is 1. The topological polar surface area (TPSA) is 63.4 Å². The van der Waals surface area contributed by atoms with E-state index in [1.54, 1.807) is 11.9 Å². The van der Waals surface area contributed by atoms with Crippen LogP contribution in [-0.2, 0) is 9.59 Å². The van der Waals surface area contributed by atoms with E-state index in [0.29, 0.717) is 6.54 Å². The third kappa shape index (κ3) is 3.46. The van der Waals surface area contributed by atoms with Crippen molar-refractivity contribution in [1.29, 1.82) is 0 Å². The fourth-order valence-electron chi connectivity index (χ4n) is 1.96. The zero-order valence-electron chi connectivity index (χ0n) is 8.66. The first-order valence-corrected chi connectivity index (χ1v) is 5.09. The molecule has 1 amide bonds. The number of carbonyl (C=O) groups excluding carboxylic acids is 2. The molecule has 0 atom stereocenters. The molecule has 0 radical (unpaired) electrons. The van der Waals surface area contributed by atoms with E-state index in [2.05, 4.69) is 0 Å². The van der Waals surface area contributed by atoms with Gasteiger partial charge in [-0.2, -0.15) is 0 Å². The lowest BCUT2D eigenvalue weighted by molar-refractivity contribution is -0.124. The second-order valence-corrected chi connectivity index (χ2v) is 4.09. The van der Waals surface area contributed by atoms with Gasteiger partial charge in [-0.15, -0.1) is 0 Å². The lowest BCUT2D eigenvalue weighted by atomic mass is 10.0. The molecule has 0 spiro atoms. The normalized spacial score (nSPS) is 17.6. The molecule has 0 bridgehead atoms. The molecule has 1 aliphatic rings. The van der Waals surface area contributed by atoms with Crippen LogP contribution in [0.5, 0.6) is 0 Å². The van der Waals surface area contributed by atoms with Gasteiger partial charge in [0.15, 0.2) is 0 Å². The maximum absolute atomic E-state index is 11.6. The third-order valence-electron chi connectivity index (χ3n) is 2.66. The quantitative estimate of drug-likeness (QED) is 0.684. The Balaban J connectivity index is 2.28. The molecule has 80 valence electrons. The van der Waals surface area contributed by atoms with Crippen LogP contribution in [0.2, 0.25) is 0 Å². The minimum absolute atomic E-state index is 0.165. The van der Waals surface area contributed by atoms with Gasteiger partial charge in [0.2, 0.25) is 5.91 Å². The number of primary amides is 1. The van der Waals surface area contributed by atoms with Crippen LogP contribution in [0.3, 0.4) is 0 Å². The van der Waals surface area contributed by atoms with E-state index in [4.69, 9.17) is 5.73 Å². The Labute approximate surface area is 84.4 Å². The number of nitrogens with two attached hydrogens (primary N) is 1. The van der Waals surface area contributed by atoms with E-state index in [-0.39, 0.29) is 24.2 Å². The van der Waals surface area contributed by atoms with Crippen molar-refractivity contribution in [1.82, 2.24) is 4.90 Å². The summed E-state index contributed by atoms with van der Waals surface area (Å²) in [5.74, 6) is 0.100. The highest BCUT2D eigenvalue weighted by atomic mass is 16.1. The Morgan fingerprint density at radius 2 is 1.86 bits per heavy atom. The predicted molar refractivity (Wildman–Crippen MR) is 53.7 cm³/mol. The standard InChI is InChI=1S/C10H18N2O2/c1-12(7-10(11)14)6-9(13)8-4-2-3-5-8/h8H,2-7H2,1H3,(H2,11,14). The number of Topliss-reactive ketones (excluding diaryl/α,β-unsaturated/α-hetero) is 1. The summed E-state index contributed by atoms with van der Waals surface area (Å²) in [5.41, 5.74) is 5.03. The molecule has 1 rings (SSSR count). The molecule has 1 fully saturated rings. The molecule has 2 N–H and O–H groups in total. The molecule has 1 aliphatic carbocycles. The van der Waals surface area contributed by atoms with Gasteiger partial charge in [0, 0.05) is 5.92 Å². The summed E-state index contributed by atoms with van der Waals surface area (Å²) in [5, 5.41) is 0. The summed E-state index contributed by atoms with van der Waals surface area (Å²) < 4.78 is 0. The van der Waals surface area contributed by atoms with E-state index in [1.165, 1.54) is 0 Å². The number of hydrogen-bond acceptors (Lipinski definition) is 3. The van der Waals surface area contributed by atoms with Gasteiger partial charge in [0.05, 0.1) is 13.1 Å². The van der Waals surface area contributed by atoms with Gasteiger partial charge >= 0.3 is 0 Å². The molecule has 1 saturated carbocycles. The van der Waals surface area contributed by atoms with Gasteiger partial charge in [-0.1, -0.05) is 12.8 Å². The molecular formula is C10H18N2O2. The molecule has 0 aliphatic heterocycles. The number of nitrogens with zero attached hydrogens (tertiary/aromatic N) is 1. The summed E-state index contributed by atoms with van der Waals surface area (Å²) in [6, 6.07) is 0. The van der Waals surface area contributed by atoms with Crippen LogP contribution in [0.1, 0.15) is 25.7 Å². The highest BCUT2D eigenvalue weighted by molar-refractivity contribution is 5.84. The molecular weight excluding hydrogens is 180 g/mol. The molecule has 4 nitrogen and oxygen atoms in total. The van der Waals surface area contributed by atoms with Crippen molar-refractivity contribution in [3.8, 4) is 0 Å². The Morgan fingerprint density at radius 1 is 1.29 bits per heavy atom. The van der Waals surface area contributed by atoms with Crippen molar-refractivity contribution >= 4 is 11.7 Å². The van der Waals surface area contributed by atoms with Crippen LogP contribution < -0.4 is 5.73 Å². The van der Waals surface area contributed by atoms with Crippen LogP contribution >= 0.6 is 0 Å². The summed E-state index contributed by atoms with van der Waals surface area (Å²) in [6.07, 6.45) is 4.36. The maximum atomic E-state index is 11.6. The van der Waals surface area contributed by atoms with Gasteiger partial charge in [-0.3, -0.25) is 14.5 Å². The van der Waals surface area contributed by atoms with E-state index < -0.39 is 0 Å². The first-order valence-electron chi connectivity index (χ1n) is 5.09. The van der Waals surface area contributed by atoms with Crippen molar-refractivity contribution in [2.24, 2.45) is 11.7 Å². The summed E-state index contributed by atoms with van der Waals surface area (Å²) in [4.78, 5) is 23.9. The van der Waals surface area contributed by atoms with Gasteiger partial charge in [-0.05, 0) is 19.9 Å². The van der Waals surface area contributed by atoms with Crippen LogP contribution in [-0.4, -0.2) is 36.7 Å². The van der Waals surface area contributed by atoms with Crippen molar-refractivity contribution in [3.05, 3.63) is 0 Å². The zero-order valence-corrected chi connectivity index (χ0v) is 8.66. The monoisotopic (exact) mass is 198 g/mol. The Kier molecular flexibility index (Phi) is 4.07. The van der Waals surface area contributed by atoms with Crippen molar-refractivity contribution in [2.75, 3.05) is 20.1 Å². The summed E-state index contributed by atoms with van der Waals surface area (Å²) in [6.45, 7) is 0.520. The lowest BCUT2D eigenvalue weighted by Gasteiger charge is -2.15. The van der Waals surface area contributed by atoms with Gasteiger partial charge < -0.3 is 5.73 Å². The molecule has 14 heavy (non-hydrogen) atoms. The van der Waals surface area contributed by atoms with E-state index in [0.717, 1.165) is 25.7 Å². The smallest absolute Gasteiger partial charge is 0.231 e. The van der Waals surface area contributed by atoms with Crippen molar-refractivity contribution in [3.63, 3.8) is 0 Å². The number of ketones is 1. The molecule has 4 heteroatoms. The highest BCUT2D eigenvalue weighted by Gasteiger charge is 2.23. The molecule has 0 unspecified atom stereocenters. The highest BCUT2D eigenvalue weighted by Crippen LogP contribution is 2.25. The first kappa shape index (κ1) is 11.2. The largest absolute Gasteiger partial charge is 0.369 e. The molecule has 0 aromatic rings. The molecule has 0 aromatic carbocycles. The van der Waals surface area contributed by atoms with Gasteiger partial charge in [-0.25, -0.2) is 0 Å². The van der Waals surface area contributed by atoms with Crippen LogP contribution in [0.25, 0.3) is 0 Å². The maximum Gasteiger partial charge on any atom is 0.231 e. The average molecular weight is 198 g/mol. The second kappa shape index (κ2) is 5.10. The Hall–Kier alpha value is -0.900. The van der Waals surface area contributed by atoms with E-state index in [9.17, 15) is 9.59 Å². The van der Waals surface area contributed by atoms with E-state index >= 15 is 0 Å². The number of hydrogen-bond donors (Lipinski definition) is 1. The molecule has 0 aromatic heterocycles. The Morgan fingerprint density at radius 3 is 2.36 bits per heavy atom. The fourth-order valence-corrected chi connectivity index (χ4v) is 1.96. The minimum atomic E-state index is -0.383. The van der Waals surface area contributed by atoms with Crippen molar-refractivity contribution < 1.29 is 9.59 Å². The fraction of sp³-hybridized carbons (Fsp3) is 0.800. The van der Waals surface area contributed by atoms with Crippen LogP contribution in [0, 0.1) is 5.92 Å². The summed E-state index contributed by atoms with van der Waals surface area (Å²) in [7, 11) is 1.75. The van der Waals surface area contributed by atoms with Crippen LogP contribution in [0.4, 0.5) is 0 Å². The predicted octanol–water partition coefficient (Wildman–Crippen LogP) is 0.163. The minimum Gasteiger partial charge on any atom is -0.369 e. The lowest BCUT2D eigenvalue weighted by Crippen LogP contribution is -2.36. The van der Waals surface area contributed by atoms with Crippen LogP contribution in [0.15, 0.2) is 0 Å². The summed E-state index contributed by atoms with van der Waals surface area (Å²) >= 11 is 0. The molecule has 0 saturated heterocycles. The van der Waals surface area contributed by atoms with Gasteiger partial charge in [0.1, 0.15) is 5.78 Å². The number of carbonyl (C=O) groups is 2. The zero-order chi connectivity index (χ0) is 10.6. The third-order valence-corrected chi connectivity index (χ3v) is 2.66. The number of rotatable bonds is 5. The van der Waals surface area contributed by atoms with Crippen molar-refractivity contribution in [2.45, 2.75) is 25.7 Å². The van der Waals surface area contributed by atoms with E-state index in [1.807, 2.05) is 0 Å². The second-order valence-electron chi connectivity index (χ2n) is 4.09. The Bertz CT molecular complexity index is 222. The average Bonchev–Trinajstić information content (AvgIpc) is 2.53. The van der Waals surface area contributed by atoms with Gasteiger partial charge in [0.25, 0.3) is 0 Å². The number of likely N-dealkylation sites (N-methyl/N-ethyl adjacent to an activating group) is 1. The molecule has 0 heterocycles. The first-order chi connectivity index (χ1) is 6.59.